The normalized spacial score (nSPS) is 27.0. The van der Waals surface area contributed by atoms with Crippen LogP contribution in [0.2, 0.25) is 0 Å². The summed E-state index contributed by atoms with van der Waals surface area (Å²) in [5, 5.41) is 9.75. The van der Waals surface area contributed by atoms with Gasteiger partial charge in [-0.15, -0.1) is 0 Å². The van der Waals surface area contributed by atoms with E-state index in [1.165, 1.54) is 23.1 Å². The Hall–Kier alpha value is -3.65. The summed E-state index contributed by atoms with van der Waals surface area (Å²) in [7, 11) is 0. The van der Waals surface area contributed by atoms with Gasteiger partial charge in [0.2, 0.25) is 11.8 Å². The molecule has 0 radical (unpaired) electrons. The number of aromatic hydroxyl groups is 1. The fourth-order valence-corrected chi connectivity index (χ4v) is 6.72. The zero-order valence-corrected chi connectivity index (χ0v) is 21.1. The van der Waals surface area contributed by atoms with Crippen molar-refractivity contribution >= 4 is 39.3 Å². The first-order valence-corrected chi connectivity index (χ1v) is 12.8. The Kier molecular flexibility index (Phi) is 5.60. The number of carbonyl (C=O) groups is 4. The Morgan fingerprint density at radius 1 is 1.00 bits per heavy atom. The van der Waals surface area contributed by atoms with E-state index >= 15 is 0 Å². The van der Waals surface area contributed by atoms with E-state index in [9.17, 15) is 28.7 Å². The number of phenols is 1. The zero-order chi connectivity index (χ0) is 26.0. The highest BCUT2D eigenvalue weighted by molar-refractivity contribution is 9.12. The molecule has 2 aromatic rings. The molecule has 37 heavy (non-hydrogen) atoms. The van der Waals surface area contributed by atoms with Crippen LogP contribution in [-0.4, -0.2) is 33.4 Å². The third-order valence-electron chi connectivity index (χ3n) is 7.91. The molecule has 2 aromatic carbocycles. The van der Waals surface area contributed by atoms with Gasteiger partial charge in [-0.1, -0.05) is 48.0 Å². The van der Waals surface area contributed by atoms with E-state index in [1.807, 2.05) is 36.4 Å². The number of imide groups is 1. The number of allylic oxidation sites excluding steroid dienone is 6. The van der Waals surface area contributed by atoms with Crippen molar-refractivity contribution in [3.05, 3.63) is 98.8 Å². The van der Waals surface area contributed by atoms with E-state index in [4.69, 9.17) is 0 Å². The first-order valence-electron chi connectivity index (χ1n) is 12.0. The average Bonchev–Trinajstić information content (AvgIpc) is 3.13. The molecule has 4 aliphatic rings. The molecule has 6 rings (SSSR count). The van der Waals surface area contributed by atoms with E-state index in [0.29, 0.717) is 12.0 Å². The SMILES string of the molecule is O=C1C=C(Br)C(=O)C2=C1[C@@H](c1ccc(O)c(F)c1)C1=CC[C@@H]3C(=O)N(Cc4ccccc4)C(=O)[C@@H]3[C@@H]1C2. The second-order valence-electron chi connectivity index (χ2n) is 9.85. The van der Waals surface area contributed by atoms with Crippen LogP contribution in [0.1, 0.15) is 29.9 Å². The maximum absolute atomic E-state index is 14.4. The molecule has 2 amide bonds. The van der Waals surface area contributed by atoms with E-state index in [1.54, 1.807) is 0 Å². The molecule has 8 heteroatoms. The molecule has 1 N–H and O–H groups in total. The summed E-state index contributed by atoms with van der Waals surface area (Å²) in [5.74, 6) is -5.10. The Balaban J connectivity index is 1.45. The van der Waals surface area contributed by atoms with E-state index in [-0.39, 0.29) is 52.0 Å². The Morgan fingerprint density at radius 3 is 2.49 bits per heavy atom. The lowest BCUT2D eigenvalue weighted by Gasteiger charge is -2.42. The quantitative estimate of drug-likeness (QED) is 0.338. The first-order chi connectivity index (χ1) is 17.8. The highest BCUT2D eigenvalue weighted by Gasteiger charge is 2.56. The maximum Gasteiger partial charge on any atom is 0.234 e. The van der Waals surface area contributed by atoms with Crippen LogP contribution in [0, 0.1) is 23.6 Å². The smallest absolute Gasteiger partial charge is 0.234 e. The number of hydrogen-bond donors (Lipinski definition) is 1. The molecule has 186 valence electrons. The third-order valence-corrected chi connectivity index (χ3v) is 8.50. The summed E-state index contributed by atoms with van der Waals surface area (Å²) in [4.78, 5) is 54.8. The van der Waals surface area contributed by atoms with Crippen molar-refractivity contribution in [1.29, 1.82) is 0 Å². The molecule has 1 fully saturated rings. The van der Waals surface area contributed by atoms with Crippen LogP contribution < -0.4 is 0 Å². The predicted octanol–water partition coefficient (Wildman–Crippen LogP) is 4.49. The summed E-state index contributed by atoms with van der Waals surface area (Å²) >= 11 is 3.19. The largest absolute Gasteiger partial charge is 0.505 e. The van der Waals surface area contributed by atoms with Crippen molar-refractivity contribution in [1.82, 2.24) is 4.90 Å². The van der Waals surface area contributed by atoms with Crippen LogP contribution in [0.3, 0.4) is 0 Å². The number of Topliss-reactive ketones (excluding diaryl/α,β-unsaturated/α-hetero) is 1. The van der Waals surface area contributed by atoms with Gasteiger partial charge in [-0.3, -0.25) is 24.1 Å². The van der Waals surface area contributed by atoms with Crippen molar-refractivity contribution in [3.8, 4) is 5.75 Å². The van der Waals surface area contributed by atoms with E-state index in [0.717, 1.165) is 17.2 Å². The summed E-state index contributed by atoms with van der Waals surface area (Å²) in [6.07, 6.45) is 3.56. The molecular formula is C29H21BrFNO5. The number of rotatable bonds is 3. The van der Waals surface area contributed by atoms with Gasteiger partial charge in [0.1, 0.15) is 0 Å². The number of ketones is 2. The molecule has 0 aromatic heterocycles. The summed E-state index contributed by atoms with van der Waals surface area (Å²) in [6, 6.07) is 13.2. The number of hydrogen-bond acceptors (Lipinski definition) is 5. The van der Waals surface area contributed by atoms with Gasteiger partial charge in [0.25, 0.3) is 0 Å². The molecule has 1 saturated heterocycles. The lowest BCUT2D eigenvalue weighted by molar-refractivity contribution is -0.140. The summed E-state index contributed by atoms with van der Waals surface area (Å²) in [5.41, 5.74) is 2.52. The van der Waals surface area contributed by atoms with Crippen LogP contribution in [-0.2, 0) is 25.7 Å². The minimum Gasteiger partial charge on any atom is -0.505 e. The molecule has 0 bridgehead atoms. The molecule has 0 saturated carbocycles. The average molecular weight is 562 g/mol. The highest BCUT2D eigenvalue weighted by Crippen LogP contribution is 2.55. The van der Waals surface area contributed by atoms with Crippen LogP contribution in [0.15, 0.2) is 81.9 Å². The minimum atomic E-state index is -0.844. The molecule has 1 aliphatic heterocycles. The zero-order valence-electron chi connectivity index (χ0n) is 19.5. The summed E-state index contributed by atoms with van der Waals surface area (Å²) < 4.78 is 14.6. The number of phenolic OH excluding ortho intramolecular Hbond substituents is 1. The minimum absolute atomic E-state index is 0.131. The number of nitrogens with zero attached hydrogens (tertiary/aromatic N) is 1. The summed E-state index contributed by atoms with van der Waals surface area (Å²) in [6.45, 7) is 0.166. The lowest BCUT2D eigenvalue weighted by atomic mass is 9.59. The van der Waals surface area contributed by atoms with Crippen LogP contribution in [0.5, 0.6) is 5.75 Å². The van der Waals surface area contributed by atoms with Gasteiger partial charge in [-0.25, -0.2) is 4.39 Å². The third kappa shape index (κ3) is 3.65. The number of likely N-dealkylation sites (tertiary alicyclic amines) is 1. The maximum atomic E-state index is 14.4. The fourth-order valence-electron chi connectivity index (χ4n) is 6.28. The molecule has 0 spiro atoms. The lowest BCUT2D eigenvalue weighted by Crippen LogP contribution is -2.39. The Bertz CT molecular complexity index is 1490. The van der Waals surface area contributed by atoms with Crippen molar-refractivity contribution in [2.75, 3.05) is 0 Å². The van der Waals surface area contributed by atoms with Crippen LogP contribution in [0.4, 0.5) is 4.39 Å². The molecule has 3 aliphatic carbocycles. The van der Waals surface area contributed by atoms with E-state index in [2.05, 4.69) is 15.9 Å². The van der Waals surface area contributed by atoms with Gasteiger partial charge >= 0.3 is 0 Å². The monoisotopic (exact) mass is 561 g/mol. The topological polar surface area (TPSA) is 91.8 Å². The van der Waals surface area contributed by atoms with Gasteiger partial charge in [0, 0.05) is 23.1 Å². The number of halogens is 2. The van der Waals surface area contributed by atoms with Crippen LogP contribution in [0.25, 0.3) is 0 Å². The molecule has 6 nitrogen and oxygen atoms in total. The number of fused-ring (bicyclic) bond motifs is 3. The number of carbonyl (C=O) groups excluding carboxylic acids is 4. The first kappa shape index (κ1) is 23.7. The molecule has 0 unspecified atom stereocenters. The van der Waals surface area contributed by atoms with Crippen molar-refractivity contribution < 1.29 is 28.7 Å². The standard InChI is InChI=1S/C29H21BrFNO5/c30-20-12-23(34)26-19(27(20)35)11-18-16(24(26)15-6-9-22(33)21(31)10-15)7-8-17-25(18)29(37)32(28(17)36)13-14-4-2-1-3-5-14/h1-7,9-10,12,17-18,24-25,33H,8,11,13H2/t17-,18+,24-,25-/m0/s1. The molecule has 1 heterocycles. The Morgan fingerprint density at radius 2 is 1.76 bits per heavy atom. The molecular weight excluding hydrogens is 541 g/mol. The van der Waals surface area contributed by atoms with Crippen molar-refractivity contribution in [3.63, 3.8) is 0 Å². The van der Waals surface area contributed by atoms with Gasteiger partial charge in [0.05, 0.1) is 22.9 Å². The fraction of sp³-hybridized carbons (Fsp3) is 0.241. The van der Waals surface area contributed by atoms with Gasteiger partial charge in [-0.05, 0) is 57.9 Å². The second kappa shape index (κ2) is 8.73. The molecule has 4 atom stereocenters. The van der Waals surface area contributed by atoms with Gasteiger partial charge in [-0.2, -0.15) is 0 Å². The van der Waals surface area contributed by atoms with Gasteiger partial charge in [0.15, 0.2) is 23.1 Å². The Labute approximate surface area is 220 Å². The van der Waals surface area contributed by atoms with Gasteiger partial charge < -0.3 is 5.11 Å². The number of benzene rings is 2. The van der Waals surface area contributed by atoms with Crippen molar-refractivity contribution in [2.45, 2.75) is 25.3 Å². The van der Waals surface area contributed by atoms with Crippen molar-refractivity contribution in [2.24, 2.45) is 17.8 Å². The van der Waals surface area contributed by atoms with E-state index < -0.39 is 35.2 Å². The van der Waals surface area contributed by atoms with Crippen LogP contribution >= 0.6 is 15.9 Å². The number of amides is 2. The predicted molar refractivity (Wildman–Crippen MR) is 135 cm³/mol. The highest BCUT2D eigenvalue weighted by atomic mass is 79.9. The second-order valence-corrected chi connectivity index (χ2v) is 10.7.